The van der Waals surface area contributed by atoms with Crippen LogP contribution in [0.1, 0.15) is 5.69 Å². The van der Waals surface area contributed by atoms with Crippen molar-refractivity contribution in [2.45, 2.75) is 19.1 Å². The molecule has 2 rings (SSSR count). The highest BCUT2D eigenvalue weighted by Gasteiger charge is 2.27. The lowest BCUT2D eigenvalue weighted by molar-refractivity contribution is 0.132. The van der Waals surface area contributed by atoms with Gasteiger partial charge in [0.2, 0.25) is 0 Å². The van der Waals surface area contributed by atoms with Gasteiger partial charge in [0.1, 0.15) is 6.10 Å². The van der Waals surface area contributed by atoms with Crippen LogP contribution in [0, 0.1) is 6.92 Å². The molecule has 2 heterocycles. The highest BCUT2D eigenvalue weighted by atomic mass is 16.6. The summed E-state index contributed by atoms with van der Waals surface area (Å²) in [6.07, 6.45) is 1.54. The molecule has 1 fully saturated rings. The predicted molar refractivity (Wildman–Crippen MR) is 50.0 cm³/mol. The summed E-state index contributed by atoms with van der Waals surface area (Å²) in [5, 5.41) is 0. The van der Waals surface area contributed by atoms with E-state index in [9.17, 15) is 0 Å². The molecule has 5 nitrogen and oxygen atoms in total. The van der Waals surface area contributed by atoms with Gasteiger partial charge in [0.25, 0.3) is 0 Å². The number of ether oxygens (including phenoxy) is 2. The summed E-state index contributed by atoms with van der Waals surface area (Å²) < 4.78 is 10.7. The number of hydrogen-bond donors (Lipinski definition) is 1. The lowest BCUT2D eigenvalue weighted by atomic mass is 10.2. The SMILES string of the molecule is Cc1ccnc(OC2COCC2N)n1. The fourth-order valence-electron chi connectivity index (χ4n) is 1.29. The Hall–Kier alpha value is -1.20. The average Bonchev–Trinajstić information content (AvgIpc) is 2.52. The minimum atomic E-state index is -0.128. The zero-order chi connectivity index (χ0) is 9.97. The zero-order valence-electron chi connectivity index (χ0n) is 8.01. The molecule has 0 bridgehead atoms. The van der Waals surface area contributed by atoms with Crippen molar-refractivity contribution in [2.75, 3.05) is 13.2 Å². The molecule has 1 saturated heterocycles. The third-order valence-corrected chi connectivity index (χ3v) is 2.10. The smallest absolute Gasteiger partial charge is 0.316 e. The minimum Gasteiger partial charge on any atom is -0.456 e. The number of nitrogens with two attached hydrogens (primary N) is 1. The summed E-state index contributed by atoms with van der Waals surface area (Å²) in [5.74, 6) is 0. The van der Waals surface area contributed by atoms with E-state index in [2.05, 4.69) is 9.97 Å². The Morgan fingerprint density at radius 3 is 3.07 bits per heavy atom. The fourth-order valence-corrected chi connectivity index (χ4v) is 1.29. The molecule has 14 heavy (non-hydrogen) atoms. The van der Waals surface area contributed by atoms with Crippen LogP contribution < -0.4 is 10.5 Å². The van der Waals surface area contributed by atoms with Crippen LogP contribution in [0.2, 0.25) is 0 Å². The van der Waals surface area contributed by atoms with Gasteiger partial charge in [0.05, 0.1) is 19.3 Å². The number of aromatic nitrogens is 2. The van der Waals surface area contributed by atoms with Crippen LogP contribution >= 0.6 is 0 Å². The summed E-state index contributed by atoms with van der Waals surface area (Å²) in [6.45, 7) is 2.94. The molecular weight excluding hydrogens is 182 g/mol. The molecule has 0 aromatic carbocycles. The molecule has 5 heteroatoms. The van der Waals surface area contributed by atoms with Crippen molar-refractivity contribution in [1.29, 1.82) is 0 Å². The molecule has 2 atom stereocenters. The Kier molecular flexibility index (Phi) is 2.60. The van der Waals surface area contributed by atoms with Crippen molar-refractivity contribution in [2.24, 2.45) is 5.73 Å². The first kappa shape index (κ1) is 9.36. The Balaban J connectivity index is 2.03. The van der Waals surface area contributed by atoms with Crippen molar-refractivity contribution in [1.82, 2.24) is 9.97 Å². The maximum atomic E-state index is 5.76. The van der Waals surface area contributed by atoms with Crippen LogP contribution in [-0.2, 0) is 4.74 Å². The van der Waals surface area contributed by atoms with E-state index >= 15 is 0 Å². The molecule has 76 valence electrons. The van der Waals surface area contributed by atoms with E-state index in [0.717, 1.165) is 5.69 Å². The minimum absolute atomic E-state index is 0.0842. The average molecular weight is 195 g/mol. The summed E-state index contributed by atoms with van der Waals surface area (Å²) in [5.41, 5.74) is 6.64. The van der Waals surface area contributed by atoms with Gasteiger partial charge in [-0.3, -0.25) is 0 Å². The second-order valence-corrected chi connectivity index (χ2v) is 3.34. The quantitative estimate of drug-likeness (QED) is 0.713. The maximum absolute atomic E-state index is 5.76. The van der Waals surface area contributed by atoms with Gasteiger partial charge in [0.15, 0.2) is 0 Å². The van der Waals surface area contributed by atoms with Gasteiger partial charge in [-0.15, -0.1) is 0 Å². The second-order valence-electron chi connectivity index (χ2n) is 3.34. The number of hydrogen-bond acceptors (Lipinski definition) is 5. The van der Waals surface area contributed by atoms with Gasteiger partial charge >= 0.3 is 6.01 Å². The number of rotatable bonds is 2. The van der Waals surface area contributed by atoms with Gasteiger partial charge in [-0.1, -0.05) is 0 Å². The topological polar surface area (TPSA) is 70.3 Å². The van der Waals surface area contributed by atoms with Crippen LogP contribution in [0.4, 0.5) is 0 Å². The van der Waals surface area contributed by atoms with Crippen LogP contribution in [-0.4, -0.2) is 35.3 Å². The standard InChI is InChI=1S/C9H13N3O2/c1-6-2-3-11-9(12-6)14-8-5-13-4-7(8)10/h2-3,7-8H,4-5,10H2,1H3. The van der Waals surface area contributed by atoms with Crippen LogP contribution in [0.25, 0.3) is 0 Å². The van der Waals surface area contributed by atoms with Crippen molar-refractivity contribution >= 4 is 0 Å². The van der Waals surface area contributed by atoms with E-state index in [0.29, 0.717) is 19.2 Å². The molecule has 2 N–H and O–H groups in total. The first-order chi connectivity index (χ1) is 6.75. The molecule has 2 unspecified atom stereocenters. The summed E-state index contributed by atoms with van der Waals surface area (Å²) in [7, 11) is 0. The van der Waals surface area contributed by atoms with Crippen molar-refractivity contribution in [3.63, 3.8) is 0 Å². The van der Waals surface area contributed by atoms with E-state index in [1.54, 1.807) is 6.20 Å². The normalized spacial score (nSPS) is 26.4. The predicted octanol–water partition coefficient (Wildman–Crippen LogP) is -0.110. The second kappa shape index (κ2) is 3.89. The summed E-state index contributed by atoms with van der Waals surface area (Å²) in [4.78, 5) is 8.12. The lowest BCUT2D eigenvalue weighted by Crippen LogP contribution is -2.37. The van der Waals surface area contributed by atoms with E-state index in [4.69, 9.17) is 15.2 Å². The molecule has 0 amide bonds. The van der Waals surface area contributed by atoms with Crippen LogP contribution in [0.15, 0.2) is 12.3 Å². The number of aryl methyl sites for hydroxylation is 1. The number of nitrogens with zero attached hydrogens (tertiary/aromatic N) is 2. The fraction of sp³-hybridized carbons (Fsp3) is 0.556. The lowest BCUT2D eigenvalue weighted by Gasteiger charge is -2.13. The molecular formula is C9H13N3O2. The molecule has 1 aromatic heterocycles. The van der Waals surface area contributed by atoms with Gasteiger partial charge in [0, 0.05) is 11.9 Å². The molecule has 0 spiro atoms. The van der Waals surface area contributed by atoms with E-state index in [-0.39, 0.29) is 12.1 Å². The molecule has 0 radical (unpaired) electrons. The third kappa shape index (κ3) is 2.00. The monoisotopic (exact) mass is 195 g/mol. The Labute approximate surface area is 82.3 Å². The summed E-state index contributed by atoms with van der Waals surface area (Å²) in [6, 6.07) is 2.10. The zero-order valence-corrected chi connectivity index (χ0v) is 8.01. The molecule has 1 aliphatic rings. The van der Waals surface area contributed by atoms with E-state index in [1.165, 1.54) is 0 Å². The van der Waals surface area contributed by atoms with Crippen molar-refractivity contribution in [3.8, 4) is 6.01 Å². The summed E-state index contributed by atoms with van der Waals surface area (Å²) >= 11 is 0. The first-order valence-corrected chi connectivity index (χ1v) is 4.55. The van der Waals surface area contributed by atoms with Gasteiger partial charge < -0.3 is 15.2 Å². The Bertz CT molecular complexity index is 319. The van der Waals surface area contributed by atoms with Crippen LogP contribution in [0.3, 0.4) is 0 Å². The molecule has 1 aromatic rings. The van der Waals surface area contributed by atoms with Gasteiger partial charge in [-0.25, -0.2) is 9.97 Å². The highest BCUT2D eigenvalue weighted by Crippen LogP contribution is 2.11. The van der Waals surface area contributed by atoms with E-state index < -0.39 is 0 Å². The highest BCUT2D eigenvalue weighted by molar-refractivity contribution is 5.04. The maximum Gasteiger partial charge on any atom is 0.316 e. The van der Waals surface area contributed by atoms with Crippen molar-refractivity contribution < 1.29 is 9.47 Å². The Morgan fingerprint density at radius 1 is 1.57 bits per heavy atom. The van der Waals surface area contributed by atoms with Gasteiger partial charge in [-0.2, -0.15) is 0 Å². The third-order valence-electron chi connectivity index (χ3n) is 2.10. The first-order valence-electron chi connectivity index (χ1n) is 4.55. The van der Waals surface area contributed by atoms with E-state index in [1.807, 2.05) is 13.0 Å². The largest absolute Gasteiger partial charge is 0.456 e. The molecule has 0 aliphatic carbocycles. The molecule has 1 aliphatic heterocycles. The Morgan fingerprint density at radius 2 is 2.43 bits per heavy atom. The van der Waals surface area contributed by atoms with Crippen molar-refractivity contribution in [3.05, 3.63) is 18.0 Å². The molecule has 0 saturated carbocycles. The van der Waals surface area contributed by atoms with Crippen LogP contribution in [0.5, 0.6) is 6.01 Å². The van der Waals surface area contributed by atoms with Gasteiger partial charge in [-0.05, 0) is 13.0 Å².